The van der Waals surface area contributed by atoms with Crippen LogP contribution in [0.3, 0.4) is 0 Å². The molecule has 0 spiro atoms. The number of anilines is 1. The lowest BCUT2D eigenvalue weighted by atomic mass is 10.3. The number of nitrogens with one attached hydrogen (secondary N) is 1. The standard InChI is InChI=1S/C10H10BrN3S/c1-2-12-9-5-8(13-6-14-9)10-7(11)3-4-15-10/h3-6H,2H2,1H3,(H,12,13,14). The Hall–Kier alpha value is -0.940. The third-order valence-corrected chi connectivity index (χ3v) is 3.73. The van der Waals surface area contributed by atoms with Crippen molar-refractivity contribution in [2.24, 2.45) is 0 Å². The zero-order valence-corrected chi connectivity index (χ0v) is 10.6. The first kappa shape index (κ1) is 10.6. The van der Waals surface area contributed by atoms with Crippen LogP contribution in [-0.2, 0) is 0 Å². The molecule has 2 heterocycles. The number of nitrogens with zero attached hydrogens (tertiary/aromatic N) is 2. The van der Waals surface area contributed by atoms with Crippen LogP contribution < -0.4 is 5.32 Å². The maximum absolute atomic E-state index is 4.25. The van der Waals surface area contributed by atoms with E-state index in [1.54, 1.807) is 17.7 Å². The SMILES string of the molecule is CCNc1cc(-c2sccc2Br)ncn1. The van der Waals surface area contributed by atoms with E-state index in [2.05, 4.69) is 31.2 Å². The zero-order chi connectivity index (χ0) is 10.7. The molecular formula is C10H10BrN3S. The van der Waals surface area contributed by atoms with Crippen LogP contribution in [0, 0.1) is 0 Å². The normalized spacial score (nSPS) is 10.3. The van der Waals surface area contributed by atoms with Crippen LogP contribution in [0.1, 0.15) is 6.92 Å². The van der Waals surface area contributed by atoms with Crippen molar-refractivity contribution in [3.8, 4) is 10.6 Å². The number of hydrogen-bond acceptors (Lipinski definition) is 4. The fourth-order valence-corrected chi connectivity index (χ4v) is 2.78. The molecule has 0 unspecified atom stereocenters. The highest BCUT2D eigenvalue weighted by atomic mass is 79.9. The largest absolute Gasteiger partial charge is 0.370 e. The summed E-state index contributed by atoms with van der Waals surface area (Å²) >= 11 is 5.16. The highest BCUT2D eigenvalue weighted by molar-refractivity contribution is 9.10. The maximum Gasteiger partial charge on any atom is 0.129 e. The second kappa shape index (κ2) is 4.72. The molecule has 5 heteroatoms. The van der Waals surface area contributed by atoms with Crippen LogP contribution in [0.15, 0.2) is 28.3 Å². The van der Waals surface area contributed by atoms with E-state index in [-0.39, 0.29) is 0 Å². The van der Waals surface area contributed by atoms with Crippen molar-refractivity contribution in [3.63, 3.8) is 0 Å². The Morgan fingerprint density at radius 1 is 1.47 bits per heavy atom. The number of rotatable bonds is 3. The van der Waals surface area contributed by atoms with Gasteiger partial charge in [-0.05, 0) is 34.3 Å². The fraction of sp³-hybridized carbons (Fsp3) is 0.200. The van der Waals surface area contributed by atoms with Crippen molar-refractivity contribution in [1.82, 2.24) is 9.97 Å². The smallest absolute Gasteiger partial charge is 0.129 e. The first-order valence-corrected chi connectivity index (χ1v) is 6.28. The van der Waals surface area contributed by atoms with Crippen LogP contribution in [0.25, 0.3) is 10.6 Å². The molecule has 2 aromatic heterocycles. The van der Waals surface area contributed by atoms with E-state index in [1.165, 1.54) is 0 Å². The Kier molecular flexibility index (Phi) is 3.33. The summed E-state index contributed by atoms with van der Waals surface area (Å²) in [6.45, 7) is 2.91. The molecule has 0 aliphatic rings. The third-order valence-electron chi connectivity index (χ3n) is 1.87. The Labute approximate surface area is 101 Å². The van der Waals surface area contributed by atoms with Gasteiger partial charge in [0, 0.05) is 17.1 Å². The summed E-state index contributed by atoms with van der Waals surface area (Å²) in [6, 6.07) is 3.98. The van der Waals surface area contributed by atoms with Gasteiger partial charge in [0.25, 0.3) is 0 Å². The molecular weight excluding hydrogens is 274 g/mol. The quantitative estimate of drug-likeness (QED) is 0.938. The Morgan fingerprint density at radius 3 is 3.00 bits per heavy atom. The van der Waals surface area contributed by atoms with E-state index in [0.29, 0.717) is 0 Å². The van der Waals surface area contributed by atoms with Crippen LogP contribution in [0.5, 0.6) is 0 Å². The summed E-state index contributed by atoms with van der Waals surface area (Å²) in [5, 5.41) is 5.20. The van der Waals surface area contributed by atoms with E-state index in [9.17, 15) is 0 Å². The molecule has 3 nitrogen and oxygen atoms in total. The Balaban J connectivity index is 2.37. The van der Waals surface area contributed by atoms with Crippen molar-refractivity contribution in [2.75, 3.05) is 11.9 Å². The van der Waals surface area contributed by atoms with E-state index in [1.807, 2.05) is 24.4 Å². The summed E-state index contributed by atoms with van der Waals surface area (Å²) in [4.78, 5) is 9.53. The van der Waals surface area contributed by atoms with Crippen molar-refractivity contribution in [2.45, 2.75) is 6.92 Å². The first-order chi connectivity index (χ1) is 7.31. The lowest BCUT2D eigenvalue weighted by Crippen LogP contribution is -1.99. The number of thiophene rings is 1. The summed E-state index contributed by atoms with van der Waals surface area (Å²) < 4.78 is 1.08. The maximum atomic E-state index is 4.25. The Morgan fingerprint density at radius 2 is 2.33 bits per heavy atom. The van der Waals surface area contributed by atoms with E-state index < -0.39 is 0 Å². The van der Waals surface area contributed by atoms with Gasteiger partial charge in [0.2, 0.25) is 0 Å². The van der Waals surface area contributed by atoms with Crippen LogP contribution in [0.4, 0.5) is 5.82 Å². The van der Waals surface area contributed by atoms with Gasteiger partial charge in [-0.3, -0.25) is 0 Å². The predicted octanol–water partition coefficient (Wildman–Crippen LogP) is 3.40. The van der Waals surface area contributed by atoms with Gasteiger partial charge in [0.15, 0.2) is 0 Å². The van der Waals surface area contributed by atoms with Crippen molar-refractivity contribution < 1.29 is 0 Å². The molecule has 0 aliphatic heterocycles. The van der Waals surface area contributed by atoms with Crippen LogP contribution in [-0.4, -0.2) is 16.5 Å². The van der Waals surface area contributed by atoms with Gasteiger partial charge in [-0.15, -0.1) is 11.3 Å². The van der Waals surface area contributed by atoms with E-state index >= 15 is 0 Å². The molecule has 2 rings (SSSR count). The molecule has 0 saturated heterocycles. The van der Waals surface area contributed by atoms with Crippen LogP contribution in [0.2, 0.25) is 0 Å². The van der Waals surface area contributed by atoms with Gasteiger partial charge in [0.1, 0.15) is 12.1 Å². The molecule has 78 valence electrons. The predicted molar refractivity (Wildman–Crippen MR) is 67.2 cm³/mol. The molecule has 0 atom stereocenters. The van der Waals surface area contributed by atoms with Gasteiger partial charge < -0.3 is 5.32 Å². The molecule has 15 heavy (non-hydrogen) atoms. The number of aromatic nitrogens is 2. The molecule has 1 N–H and O–H groups in total. The lowest BCUT2D eigenvalue weighted by molar-refractivity contribution is 1.11. The first-order valence-electron chi connectivity index (χ1n) is 4.60. The fourth-order valence-electron chi connectivity index (χ4n) is 1.24. The summed E-state index contributed by atoms with van der Waals surface area (Å²) in [5.74, 6) is 0.864. The molecule has 2 aromatic rings. The summed E-state index contributed by atoms with van der Waals surface area (Å²) in [7, 11) is 0. The average molecular weight is 284 g/mol. The minimum atomic E-state index is 0.863. The minimum absolute atomic E-state index is 0.863. The zero-order valence-electron chi connectivity index (χ0n) is 8.20. The Bertz CT molecular complexity index is 455. The summed E-state index contributed by atoms with van der Waals surface area (Å²) in [5.41, 5.74) is 0.947. The van der Waals surface area contributed by atoms with E-state index in [4.69, 9.17) is 0 Å². The minimum Gasteiger partial charge on any atom is -0.370 e. The highest BCUT2D eigenvalue weighted by Gasteiger charge is 2.06. The van der Waals surface area contributed by atoms with Gasteiger partial charge in [-0.25, -0.2) is 9.97 Å². The lowest BCUT2D eigenvalue weighted by Gasteiger charge is -2.03. The number of halogens is 1. The monoisotopic (exact) mass is 283 g/mol. The highest BCUT2D eigenvalue weighted by Crippen LogP contribution is 2.32. The van der Waals surface area contributed by atoms with Crippen molar-refractivity contribution >= 4 is 33.1 Å². The number of hydrogen-bond donors (Lipinski definition) is 1. The van der Waals surface area contributed by atoms with Crippen LogP contribution >= 0.6 is 27.3 Å². The van der Waals surface area contributed by atoms with Crippen molar-refractivity contribution in [3.05, 3.63) is 28.3 Å². The molecule has 0 radical (unpaired) electrons. The second-order valence-corrected chi connectivity index (χ2v) is 4.69. The van der Waals surface area contributed by atoms with E-state index in [0.717, 1.165) is 27.4 Å². The molecule has 0 bridgehead atoms. The summed E-state index contributed by atoms with van der Waals surface area (Å²) in [6.07, 6.45) is 1.58. The van der Waals surface area contributed by atoms with Gasteiger partial charge in [-0.2, -0.15) is 0 Å². The molecule has 0 saturated carbocycles. The average Bonchev–Trinajstić information content (AvgIpc) is 2.65. The topological polar surface area (TPSA) is 37.8 Å². The van der Waals surface area contributed by atoms with Gasteiger partial charge in [-0.1, -0.05) is 0 Å². The molecule has 0 aliphatic carbocycles. The van der Waals surface area contributed by atoms with Gasteiger partial charge >= 0.3 is 0 Å². The third kappa shape index (κ3) is 2.35. The van der Waals surface area contributed by atoms with Gasteiger partial charge in [0.05, 0.1) is 10.6 Å². The molecule has 0 aromatic carbocycles. The molecule has 0 fully saturated rings. The van der Waals surface area contributed by atoms with Crippen molar-refractivity contribution in [1.29, 1.82) is 0 Å². The second-order valence-electron chi connectivity index (χ2n) is 2.92. The molecule has 0 amide bonds.